The summed E-state index contributed by atoms with van der Waals surface area (Å²) in [6.07, 6.45) is 0.596. The second-order valence-corrected chi connectivity index (χ2v) is 3.73. The van der Waals surface area contributed by atoms with Crippen LogP contribution in [-0.2, 0) is 11.8 Å². The SMILES string of the molecule is C#CC[C@](C)(O)c1cccc(C(F)(F)F)c1. The Labute approximate surface area is 91.9 Å². The van der Waals surface area contributed by atoms with E-state index in [0.717, 1.165) is 12.1 Å². The molecule has 1 nitrogen and oxygen atoms in total. The number of aliphatic hydroxyl groups is 1. The molecule has 1 rings (SSSR count). The highest BCUT2D eigenvalue weighted by Crippen LogP contribution is 2.32. The highest BCUT2D eigenvalue weighted by Gasteiger charge is 2.32. The van der Waals surface area contributed by atoms with Crippen LogP contribution in [0.25, 0.3) is 0 Å². The third-order valence-corrected chi connectivity index (χ3v) is 2.26. The van der Waals surface area contributed by atoms with Crippen LogP contribution < -0.4 is 0 Å². The number of halogens is 3. The molecular weight excluding hydrogens is 217 g/mol. The fraction of sp³-hybridized carbons (Fsp3) is 0.333. The molecule has 0 saturated heterocycles. The summed E-state index contributed by atoms with van der Waals surface area (Å²) in [5.41, 5.74) is -2.06. The second kappa shape index (κ2) is 4.18. The summed E-state index contributed by atoms with van der Waals surface area (Å²) >= 11 is 0. The average molecular weight is 228 g/mol. The van der Waals surface area contributed by atoms with Crippen LogP contribution >= 0.6 is 0 Å². The predicted octanol–water partition coefficient (Wildman–Crippen LogP) is 2.94. The van der Waals surface area contributed by atoms with Crippen molar-refractivity contribution in [1.82, 2.24) is 0 Å². The highest BCUT2D eigenvalue weighted by molar-refractivity contribution is 5.30. The summed E-state index contributed by atoms with van der Waals surface area (Å²) in [5.74, 6) is 2.23. The highest BCUT2D eigenvalue weighted by atomic mass is 19.4. The van der Waals surface area contributed by atoms with Gasteiger partial charge in [0.1, 0.15) is 0 Å². The van der Waals surface area contributed by atoms with Gasteiger partial charge in [-0.25, -0.2) is 0 Å². The van der Waals surface area contributed by atoms with Gasteiger partial charge in [0, 0.05) is 6.42 Å². The van der Waals surface area contributed by atoms with Crippen molar-refractivity contribution < 1.29 is 18.3 Å². The van der Waals surface area contributed by atoms with E-state index < -0.39 is 17.3 Å². The van der Waals surface area contributed by atoms with Crippen molar-refractivity contribution in [3.05, 3.63) is 35.4 Å². The number of alkyl halides is 3. The van der Waals surface area contributed by atoms with Gasteiger partial charge in [-0.05, 0) is 24.6 Å². The maximum atomic E-state index is 12.4. The molecule has 0 radical (unpaired) electrons. The molecule has 0 aliphatic rings. The minimum atomic E-state index is -4.41. The number of terminal acetylenes is 1. The molecule has 0 bridgehead atoms. The van der Waals surface area contributed by atoms with Crippen molar-refractivity contribution in [2.45, 2.75) is 25.1 Å². The standard InChI is InChI=1S/C12H11F3O/c1-3-7-11(2,16)9-5-4-6-10(8-9)12(13,14)15/h1,4-6,8,16H,7H2,2H3/t11-/m0/s1. The van der Waals surface area contributed by atoms with Crippen molar-refractivity contribution in [3.63, 3.8) is 0 Å². The zero-order valence-electron chi connectivity index (χ0n) is 8.67. The molecule has 1 atom stereocenters. The van der Waals surface area contributed by atoms with Crippen LogP contribution in [0.2, 0.25) is 0 Å². The third kappa shape index (κ3) is 2.77. The van der Waals surface area contributed by atoms with E-state index >= 15 is 0 Å². The molecule has 1 aromatic rings. The summed E-state index contributed by atoms with van der Waals surface area (Å²) in [6, 6.07) is 4.54. The fourth-order valence-electron chi connectivity index (χ4n) is 1.33. The van der Waals surface area contributed by atoms with Gasteiger partial charge in [-0.1, -0.05) is 12.1 Å². The van der Waals surface area contributed by atoms with E-state index in [9.17, 15) is 18.3 Å². The fourth-order valence-corrected chi connectivity index (χ4v) is 1.33. The van der Waals surface area contributed by atoms with E-state index in [2.05, 4.69) is 5.92 Å². The first-order chi connectivity index (χ1) is 7.27. The minimum Gasteiger partial charge on any atom is -0.384 e. The Kier molecular flexibility index (Phi) is 3.30. The Morgan fingerprint density at radius 3 is 2.38 bits per heavy atom. The largest absolute Gasteiger partial charge is 0.416 e. The Morgan fingerprint density at radius 1 is 1.31 bits per heavy atom. The summed E-state index contributed by atoms with van der Waals surface area (Å²) in [6.45, 7) is 1.39. The van der Waals surface area contributed by atoms with E-state index in [-0.39, 0.29) is 12.0 Å². The van der Waals surface area contributed by atoms with E-state index in [4.69, 9.17) is 6.42 Å². The minimum absolute atomic E-state index is 0.0334. The molecule has 0 amide bonds. The van der Waals surface area contributed by atoms with E-state index in [0.29, 0.717) is 0 Å². The number of hydrogen-bond donors (Lipinski definition) is 1. The van der Waals surface area contributed by atoms with Gasteiger partial charge in [0.05, 0.1) is 11.2 Å². The Balaban J connectivity index is 3.14. The lowest BCUT2D eigenvalue weighted by atomic mass is 9.91. The van der Waals surface area contributed by atoms with Crippen LogP contribution in [-0.4, -0.2) is 5.11 Å². The number of rotatable bonds is 2. The zero-order valence-corrected chi connectivity index (χ0v) is 8.67. The molecule has 0 unspecified atom stereocenters. The molecule has 0 spiro atoms. The van der Waals surface area contributed by atoms with Crippen LogP contribution in [0, 0.1) is 12.3 Å². The molecule has 1 N–H and O–H groups in total. The quantitative estimate of drug-likeness (QED) is 0.771. The number of hydrogen-bond acceptors (Lipinski definition) is 1. The van der Waals surface area contributed by atoms with Gasteiger partial charge in [0.25, 0.3) is 0 Å². The molecule has 4 heteroatoms. The molecule has 0 aliphatic heterocycles. The van der Waals surface area contributed by atoms with Crippen molar-refractivity contribution >= 4 is 0 Å². The molecule has 86 valence electrons. The molecular formula is C12H11F3O. The molecule has 0 fully saturated rings. The molecule has 1 aromatic carbocycles. The van der Waals surface area contributed by atoms with Crippen LogP contribution in [0.4, 0.5) is 13.2 Å². The Bertz CT molecular complexity index is 413. The predicted molar refractivity (Wildman–Crippen MR) is 54.5 cm³/mol. The van der Waals surface area contributed by atoms with Gasteiger partial charge in [-0.15, -0.1) is 12.3 Å². The van der Waals surface area contributed by atoms with Crippen molar-refractivity contribution in [1.29, 1.82) is 0 Å². The lowest BCUT2D eigenvalue weighted by Gasteiger charge is -2.22. The Hall–Kier alpha value is -1.47. The molecule has 16 heavy (non-hydrogen) atoms. The van der Waals surface area contributed by atoms with Gasteiger partial charge in [-0.2, -0.15) is 13.2 Å². The van der Waals surface area contributed by atoms with Gasteiger partial charge in [0.15, 0.2) is 0 Å². The van der Waals surface area contributed by atoms with Gasteiger partial charge >= 0.3 is 6.18 Å². The van der Waals surface area contributed by atoms with Crippen molar-refractivity contribution in [3.8, 4) is 12.3 Å². The second-order valence-electron chi connectivity index (χ2n) is 3.73. The molecule has 0 heterocycles. The zero-order chi connectivity index (χ0) is 12.4. The van der Waals surface area contributed by atoms with Crippen molar-refractivity contribution in [2.24, 2.45) is 0 Å². The van der Waals surface area contributed by atoms with Crippen LogP contribution in [0.5, 0.6) is 0 Å². The van der Waals surface area contributed by atoms with Crippen LogP contribution in [0.15, 0.2) is 24.3 Å². The summed E-state index contributed by atoms with van der Waals surface area (Å²) in [5, 5.41) is 9.87. The first-order valence-electron chi connectivity index (χ1n) is 4.61. The monoisotopic (exact) mass is 228 g/mol. The summed E-state index contributed by atoms with van der Waals surface area (Å²) in [7, 11) is 0. The van der Waals surface area contributed by atoms with E-state index in [1.165, 1.54) is 19.1 Å². The summed E-state index contributed by atoms with van der Waals surface area (Å²) < 4.78 is 37.3. The molecule has 0 saturated carbocycles. The third-order valence-electron chi connectivity index (χ3n) is 2.26. The van der Waals surface area contributed by atoms with Gasteiger partial charge in [0.2, 0.25) is 0 Å². The van der Waals surface area contributed by atoms with Crippen molar-refractivity contribution in [2.75, 3.05) is 0 Å². The smallest absolute Gasteiger partial charge is 0.384 e. The average Bonchev–Trinajstić information content (AvgIpc) is 2.16. The first kappa shape index (κ1) is 12.6. The number of benzene rings is 1. The topological polar surface area (TPSA) is 20.2 Å². The molecule has 0 aromatic heterocycles. The first-order valence-corrected chi connectivity index (χ1v) is 4.61. The molecule has 0 aliphatic carbocycles. The maximum Gasteiger partial charge on any atom is 0.416 e. The van der Waals surface area contributed by atoms with E-state index in [1.807, 2.05) is 0 Å². The van der Waals surface area contributed by atoms with Gasteiger partial charge in [-0.3, -0.25) is 0 Å². The lowest BCUT2D eigenvalue weighted by molar-refractivity contribution is -0.137. The Morgan fingerprint density at radius 2 is 1.88 bits per heavy atom. The van der Waals surface area contributed by atoms with E-state index in [1.54, 1.807) is 0 Å². The van der Waals surface area contributed by atoms with Crippen LogP contribution in [0.1, 0.15) is 24.5 Å². The van der Waals surface area contributed by atoms with Gasteiger partial charge < -0.3 is 5.11 Å². The lowest BCUT2D eigenvalue weighted by Crippen LogP contribution is -2.21. The normalized spacial score (nSPS) is 15.2. The van der Waals surface area contributed by atoms with Crippen LogP contribution in [0.3, 0.4) is 0 Å². The maximum absolute atomic E-state index is 12.4. The summed E-state index contributed by atoms with van der Waals surface area (Å²) in [4.78, 5) is 0.